The fraction of sp³-hybridized carbons (Fsp3) is 0.462. The maximum atomic E-state index is 13.7. The van der Waals surface area contributed by atoms with Crippen molar-refractivity contribution in [3.8, 4) is 0 Å². The first-order valence-corrected chi connectivity index (χ1v) is 14.9. The lowest BCUT2D eigenvalue weighted by Crippen LogP contribution is -2.45. The number of benzene rings is 2. The van der Waals surface area contributed by atoms with Crippen LogP contribution in [0.4, 0.5) is 5.13 Å². The van der Waals surface area contributed by atoms with Crippen LogP contribution in [-0.4, -0.2) is 68.8 Å². The van der Waals surface area contributed by atoms with E-state index in [1.54, 1.807) is 23.5 Å². The number of amides is 1. The van der Waals surface area contributed by atoms with Crippen molar-refractivity contribution in [3.05, 3.63) is 53.1 Å². The van der Waals surface area contributed by atoms with E-state index in [4.69, 9.17) is 16.6 Å². The number of carbonyl (C=O) groups is 1. The van der Waals surface area contributed by atoms with Crippen molar-refractivity contribution in [2.75, 3.05) is 45.2 Å². The Hall–Kier alpha value is -2.04. The molecular weight excluding hydrogens is 516 g/mol. The van der Waals surface area contributed by atoms with Gasteiger partial charge in [0.15, 0.2) is 5.13 Å². The van der Waals surface area contributed by atoms with Crippen LogP contribution in [0.5, 0.6) is 0 Å². The van der Waals surface area contributed by atoms with Gasteiger partial charge in [0.2, 0.25) is 15.9 Å². The highest BCUT2D eigenvalue weighted by Crippen LogP contribution is 2.33. The molecular formula is C26H33ClN4O3S2. The third-order valence-electron chi connectivity index (χ3n) is 6.59. The molecule has 0 spiro atoms. The average Bonchev–Trinajstić information content (AvgIpc) is 3.29. The standard InChI is InChI=1S/C26H33ClN4O3S2/c1-4-19-6-11-23-24(18-19)35-26(28-23)31(15-5-14-29(2)3)25(32)20-12-16-30(17-13-20)36(33,34)22-9-7-21(27)8-10-22/h6-11,18,20H,4-5,12-17H2,1-3H3. The molecule has 0 bridgehead atoms. The van der Waals surface area contributed by atoms with E-state index in [0.717, 1.165) is 34.7 Å². The molecule has 0 unspecified atom stereocenters. The Kier molecular flexibility index (Phi) is 8.67. The van der Waals surface area contributed by atoms with Crippen molar-refractivity contribution < 1.29 is 13.2 Å². The molecule has 1 saturated heterocycles. The number of carbonyl (C=O) groups excluding carboxylic acids is 1. The summed E-state index contributed by atoms with van der Waals surface area (Å²) in [6.45, 7) is 4.20. The summed E-state index contributed by atoms with van der Waals surface area (Å²) in [5.74, 6) is -0.202. The summed E-state index contributed by atoms with van der Waals surface area (Å²) >= 11 is 7.47. The predicted octanol–water partition coefficient (Wildman–Crippen LogP) is 4.90. The minimum absolute atomic E-state index is 0.0343. The van der Waals surface area contributed by atoms with Gasteiger partial charge >= 0.3 is 0 Å². The van der Waals surface area contributed by atoms with E-state index in [0.29, 0.717) is 37.5 Å². The zero-order chi connectivity index (χ0) is 25.9. The van der Waals surface area contributed by atoms with Crippen molar-refractivity contribution in [2.24, 2.45) is 5.92 Å². The third-order valence-corrected chi connectivity index (χ3v) is 9.79. The zero-order valence-corrected chi connectivity index (χ0v) is 23.4. The van der Waals surface area contributed by atoms with Gasteiger partial charge in [-0.3, -0.25) is 9.69 Å². The van der Waals surface area contributed by atoms with Crippen LogP contribution in [0.15, 0.2) is 47.4 Å². The van der Waals surface area contributed by atoms with E-state index >= 15 is 0 Å². The Bertz CT molecular complexity index is 1300. The largest absolute Gasteiger partial charge is 0.309 e. The number of nitrogens with zero attached hydrogens (tertiary/aromatic N) is 4. The Morgan fingerprint density at radius 3 is 2.44 bits per heavy atom. The number of aryl methyl sites for hydroxylation is 1. The zero-order valence-electron chi connectivity index (χ0n) is 21.0. The molecule has 0 saturated carbocycles. The van der Waals surface area contributed by atoms with E-state index in [2.05, 4.69) is 24.0 Å². The highest BCUT2D eigenvalue weighted by molar-refractivity contribution is 7.89. The van der Waals surface area contributed by atoms with Crippen molar-refractivity contribution in [2.45, 2.75) is 37.5 Å². The molecule has 1 amide bonds. The monoisotopic (exact) mass is 548 g/mol. The summed E-state index contributed by atoms with van der Waals surface area (Å²) in [6, 6.07) is 12.5. The molecule has 0 N–H and O–H groups in total. The van der Waals surface area contributed by atoms with Crippen LogP contribution in [0.3, 0.4) is 0 Å². The van der Waals surface area contributed by atoms with Crippen molar-refractivity contribution in [1.82, 2.24) is 14.2 Å². The highest BCUT2D eigenvalue weighted by atomic mass is 35.5. The summed E-state index contributed by atoms with van der Waals surface area (Å²) in [7, 11) is 0.428. The van der Waals surface area contributed by atoms with Crippen LogP contribution in [-0.2, 0) is 21.2 Å². The van der Waals surface area contributed by atoms with Gasteiger partial charge in [-0.2, -0.15) is 4.31 Å². The second kappa shape index (κ2) is 11.6. The van der Waals surface area contributed by atoms with Gasteiger partial charge in [-0.1, -0.05) is 35.9 Å². The molecule has 2 heterocycles. The number of hydrogen-bond acceptors (Lipinski definition) is 6. The van der Waals surface area contributed by atoms with Crippen molar-refractivity contribution >= 4 is 54.2 Å². The van der Waals surface area contributed by atoms with Crippen LogP contribution < -0.4 is 4.90 Å². The number of anilines is 1. The predicted molar refractivity (Wildman–Crippen MR) is 147 cm³/mol. The van der Waals surface area contributed by atoms with Crippen LogP contribution in [0, 0.1) is 5.92 Å². The molecule has 1 aliphatic heterocycles. The molecule has 1 aromatic heterocycles. The Labute approximate surface area is 222 Å². The van der Waals surface area contributed by atoms with Crippen LogP contribution >= 0.6 is 22.9 Å². The van der Waals surface area contributed by atoms with Gasteiger partial charge in [0, 0.05) is 30.6 Å². The van der Waals surface area contributed by atoms with Crippen LogP contribution in [0.2, 0.25) is 5.02 Å². The first-order valence-electron chi connectivity index (χ1n) is 12.3. The lowest BCUT2D eigenvalue weighted by atomic mass is 9.96. The van der Waals surface area contributed by atoms with Gasteiger partial charge in [0.25, 0.3) is 0 Å². The van der Waals surface area contributed by atoms with Gasteiger partial charge in [-0.25, -0.2) is 13.4 Å². The quantitative estimate of drug-likeness (QED) is 0.380. The summed E-state index contributed by atoms with van der Waals surface area (Å²) in [5.41, 5.74) is 2.15. The molecule has 2 aromatic carbocycles. The van der Waals surface area contributed by atoms with Crippen LogP contribution in [0.25, 0.3) is 10.2 Å². The number of aromatic nitrogens is 1. The minimum atomic E-state index is -3.61. The maximum absolute atomic E-state index is 13.7. The van der Waals surface area contributed by atoms with Crippen molar-refractivity contribution in [1.29, 1.82) is 0 Å². The summed E-state index contributed by atoms with van der Waals surface area (Å²) in [4.78, 5) is 22.7. The summed E-state index contributed by atoms with van der Waals surface area (Å²) < 4.78 is 28.7. The summed E-state index contributed by atoms with van der Waals surface area (Å²) in [6.07, 6.45) is 2.76. The molecule has 36 heavy (non-hydrogen) atoms. The fourth-order valence-corrected chi connectivity index (χ4v) is 7.11. The second-order valence-corrected chi connectivity index (χ2v) is 12.8. The highest BCUT2D eigenvalue weighted by Gasteiger charge is 2.35. The molecule has 0 radical (unpaired) electrons. The maximum Gasteiger partial charge on any atom is 0.243 e. The van der Waals surface area contributed by atoms with E-state index < -0.39 is 10.0 Å². The Balaban J connectivity index is 1.50. The van der Waals surface area contributed by atoms with Gasteiger partial charge in [0.1, 0.15) is 0 Å². The molecule has 10 heteroatoms. The minimum Gasteiger partial charge on any atom is -0.309 e. The van der Waals surface area contributed by atoms with Gasteiger partial charge in [-0.15, -0.1) is 0 Å². The number of piperidine rings is 1. The van der Waals surface area contributed by atoms with E-state index in [1.165, 1.54) is 22.0 Å². The van der Waals surface area contributed by atoms with Gasteiger partial charge in [0.05, 0.1) is 15.1 Å². The number of hydrogen-bond donors (Lipinski definition) is 0. The molecule has 194 valence electrons. The van der Waals surface area contributed by atoms with E-state index in [1.807, 2.05) is 25.1 Å². The molecule has 4 rings (SSSR count). The Morgan fingerprint density at radius 1 is 1.11 bits per heavy atom. The number of rotatable bonds is 9. The number of fused-ring (bicyclic) bond motifs is 1. The first-order chi connectivity index (χ1) is 17.2. The van der Waals surface area contributed by atoms with Gasteiger partial charge < -0.3 is 4.90 Å². The molecule has 1 aliphatic rings. The second-order valence-electron chi connectivity index (χ2n) is 9.43. The lowest BCUT2D eigenvalue weighted by Gasteiger charge is -2.33. The topological polar surface area (TPSA) is 73.8 Å². The first kappa shape index (κ1) is 27.0. The van der Waals surface area contributed by atoms with E-state index in [-0.39, 0.29) is 16.7 Å². The molecule has 3 aromatic rings. The number of sulfonamides is 1. The molecule has 1 fully saturated rings. The van der Waals surface area contributed by atoms with E-state index in [9.17, 15) is 13.2 Å². The third kappa shape index (κ3) is 6.08. The average molecular weight is 549 g/mol. The SMILES string of the molecule is CCc1ccc2nc(N(CCCN(C)C)C(=O)C3CCN(S(=O)(=O)c4ccc(Cl)cc4)CC3)sc2c1. The summed E-state index contributed by atoms with van der Waals surface area (Å²) in [5, 5.41) is 1.21. The fourth-order valence-electron chi connectivity index (χ4n) is 4.46. The van der Waals surface area contributed by atoms with Crippen molar-refractivity contribution in [3.63, 3.8) is 0 Å². The van der Waals surface area contributed by atoms with Gasteiger partial charge in [-0.05, 0) is 88.3 Å². The molecule has 0 aliphatic carbocycles. The van der Waals surface area contributed by atoms with Crippen LogP contribution in [0.1, 0.15) is 31.7 Å². The number of thiazole rings is 1. The molecule has 0 atom stereocenters. The Morgan fingerprint density at radius 2 is 1.81 bits per heavy atom. The normalized spacial score (nSPS) is 15.6. The molecule has 7 nitrogen and oxygen atoms in total. The lowest BCUT2D eigenvalue weighted by molar-refractivity contribution is -0.123. The smallest absolute Gasteiger partial charge is 0.243 e. The number of halogens is 1.